The highest BCUT2D eigenvalue weighted by Crippen LogP contribution is 2.25. The predicted molar refractivity (Wildman–Crippen MR) is 74.8 cm³/mol. The molecule has 0 aromatic heterocycles. The summed E-state index contributed by atoms with van der Waals surface area (Å²) in [4.78, 5) is 0. The van der Waals surface area contributed by atoms with Crippen LogP contribution in [-0.4, -0.2) is 0 Å². The number of halogens is 1. The number of rotatable bonds is 5. The molecule has 0 radical (unpaired) electrons. The highest BCUT2D eigenvalue weighted by Gasteiger charge is 2.05. The zero-order valence-electron chi connectivity index (χ0n) is 11.0. The van der Waals surface area contributed by atoms with Crippen LogP contribution >= 0.6 is 0 Å². The molecule has 0 saturated carbocycles. The standard InChI is InChI=1S/C16H18FNO/c1-2-3-12-4-7-14(8-5-12)19-16-9-6-13(11-18)10-15(16)17/h4-10H,2-3,11,18H2,1H3. The van der Waals surface area contributed by atoms with E-state index in [1.165, 1.54) is 11.6 Å². The summed E-state index contributed by atoms with van der Waals surface area (Å²) >= 11 is 0. The molecule has 0 amide bonds. The van der Waals surface area contributed by atoms with Gasteiger partial charge in [-0.25, -0.2) is 4.39 Å². The van der Waals surface area contributed by atoms with E-state index in [1.54, 1.807) is 12.1 Å². The maximum absolute atomic E-state index is 13.7. The maximum Gasteiger partial charge on any atom is 0.166 e. The lowest BCUT2D eigenvalue weighted by Gasteiger charge is -2.08. The summed E-state index contributed by atoms with van der Waals surface area (Å²) in [7, 11) is 0. The average Bonchev–Trinajstić information content (AvgIpc) is 2.43. The molecule has 2 aromatic rings. The normalized spacial score (nSPS) is 10.5. The van der Waals surface area contributed by atoms with Gasteiger partial charge in [-0.1, -0.05) is 31.5 Å². The van der Waals surface area contributed by atoms with E-state index in [0.29, 0.717) is 12.3 Å². The van der Waals surface area contributed by atoms with Crippen molar-refractivity contribution in [1.82, 2.24) is 0 Å². The largest absolute Gasteiger partial charge is 0.454 e. The number of aryl methyl sites for hydroxylation is 1. The van der Waals surface area contributed by atoms with Crippen LogP contribution in [0.4, 0.5) is 4.39 Å². The first-order valence-electron chi connectivity index (χ1n) is 6.48. The Morgan fingerprint density at radius 1 is 1.05 bits per heavy atom. The fourth-order valence-corrected chi connectivity index (χ4v) is 1.89. The van der Waals surface area contributed by atoms with Gasteiger partial charge in [0.25, 0.3) is 0 Å². The van der Waals surface area contributed by atoms with Crippen LogP contribution in [0.15, 0.2) is 42.5 Å². The molecule has 2 nitrogen and oxygen atoms in total. The molecule has 0 aliphatic heterocycles. The molecule has 2 rings (SSSR count). The molecule has 2 aromatic carbocycles. The van der Waals surface area contributed by atoms with Crippen molar-refractivity contribution in [3.05, 3.63) is 59.4 Å². The zero-order valence-corrected chi connectivity index (χ0v) is 11.0. The second-order valence-corrected chi connectivity index (χ2v) is 4.46. The SMILES string of the molecule is CCCc1ccc(Oc2ccc(CN)cc2F)cc1. The smallest absolute Gasteiger partial charge is 0.166 e. The molecule has 2 N–H and O–H groups in total. The Labute approximate surface area is 113 Å². The summed E-state index contributed by atoms with van der Waals surface area (Å²) < 4.78 is 19.3. The third-order valence-corrected chi connectivity index (χ3v) is 2.92. The molecule has 0 heterocycles. The van der Waals surface area contributed by atoms with E-state index in [4.69, 9.17) is 10.5 Å². The van der Waals surface area contributed by atoms with Gasteiger partial charge in [-0.3, -0.25) is 0 Å². The first kappa shape index (κ1) is 13.6. The lowest BCUT2D eigenvalue weighted by Crippen LogP contribution is -1.97. The molecule has 0 fully saturated rings. The van der Waals surface area contributed by atoms with E-state index < -0.39 is 0 Å². The van der Waals surface area contributed by atoms with Gasteiger partial charge in [0.2, 0.25) is 0 Å². The third-order valence-electron chi connectivity index (χ3n) is 2.92. The van der Waals surface area contributed by atoms with Crippen LogP contribution < -0.4 is 10.5 Å². The molecular weight excluding hydrogens is 241 g/mol. The first-order chi connectivity index (χ1) is 9.22. The highest BCUT2D eigenvalue weighted by molar-refractivity contribution is 5.35. The lowest BCUT2D eigenvalue weighted by atomic mass is 10.1. The molecule has 3 heteroatoms. The van der Waals surface area contributed by atoms with Crippen molar-refractivity contribution in [3.8, 4) is 11.5 Å². The molecule has 0 bridgehead atoms. The molecule has 0 aliphatic carbocycles. The fourth-order valence-electron chi connectivity index (χ4n) is 1.89. The topological polar surface area (TPSA) is 35.2 Å². The van der Waals surface area contributed by atoms with Gasteiger partial charge < -0.3 is 10.5 Å². The quantitative estimate of drug-likeness (QED) is 0.879. The van der Waals surface area contributed by atoms with Gasteiger partial charge in [-0.15, -0.1) is 0 Å². The fraction of sp³-hybridized carbons (Fsp3) is 0.250. The van der Waals surface area contributed by atoms with Gasteiger partial charge in [-0.05, 0) is 41.8 Å². The van der Waals surface area contributed by atoms with Crippen molar-refractivity contribution >= 4 is 0 Å². The lowest BCUT2D eigenvalue weighted by molar-refractivity contribution is 0.441. The van der Waals surface area contributed by atoms with Crippen molar-refractivity contribution < 1.29 is 9.13 Å². The number of hydrogen-bond donors (Lipinski definition) is 1. The summed E-state index contributed by atoms with van der Waals surface area (Å²) in [6.07, 6.45) is 2.15. The minimum absolute atomic E-state index is 0.223. The first-order valence-corrected chi connectivity index (χ1v) is 6.48. The van der Waals surface area contributed by atoms with E-state index in [0.717, 1.165) is 18.4 Å². The van der Waals surface area contributed by atoms with Gasteiger partial charge in [0.15, 0.2) is 11.6 Å². The van der Waals surface area contributed by atoms with Crippen LogP contribution in [0, 0.1) is 5.82 Å². The average molecular weight is 259 g/mol. The second kappa shape index (κ2) is 6.34. The molecule has 0 spiro atoms. The highest BCUT2D eigenvalue weighted by atomic mass is 19.1. The zero-order chi connectivity index (χ0) is 13.7. The van der Waals surface area contributed by atoms with E-state index in [-0.39, 0.29) is 11.6 Å². The van der Waals surface area contributed by atoms with E-state index >= 15 is 0 Å². The molecule has 0 atom stereocenters. The Kier molecular flexibility index (Phi) is 4.53. The summed E-state index contributed by atoms with van der Waals surface area (Å²) in [5.41, 5.74) is 7.47. The third kappa shape index (κ3) is 3.55. The number of ether oxygens (including phenoxy) is 1. The van der Waals surface area contributed by atoms with Crippen molar-refractivity contribution in [2.75, 3.05) is 0 Å². The Morgan fingerprint density at radius 3 is 2.32 bits per heavy atom. The van der Waals surface area contributed by atoms with Crippen LogP contribution in [0.3, 0.4) is 0 Å². The van der Waals surface area contributed by atoms with Gasteiger partial charge in [0.05, 0.1) is 0 Å². The van der Waals surface area contributed by atoms with Crippen molar-refractivity contribution in [1.29, 1.82) is 0 Å². The Bertz CT molecular complexity index is 537. The molecular formula is C16H18FNO. The molecule has 19 heavy (non-hydrogen) atoms. The van der Waals surface area contributed by atoms with Crippen LogP contribution in [0.1, 0.15) is 24.5 Å². The number of benzene rings is 2. The summed E-state index contributed by atoms with van der Waals surface area (Å²) in [5, 5.41) is 0. The van der Waals surface area contributed by atoms with Crippen LogP contribution in [0.2, 0.25) is 0 Å². The Morgan fingerprint density at radius 2 is 1.74 bits per heavy atom. The van der Waals surface area contributed by atoms with Crippen LogP contribution in [-0.2, 0) is 13.0 Å². The summed E-state index contributed by atoms with van der Waals surface area (Å²) in [5.74, 6) is 0.472. The maximum atomic E-state index is 13.7. The van der Waals surface area contributed by atoms with Crippen LogP contribution in [0.25, 0.3) is 0 Å². The number of nitrogens with two attached hydrogens (primary N) is 1. The van der Waals surface area contributed by atoms with E-state index in [9.17, 15) is 4.39 Å². The van der Waals surface area contributed by atoms with Gasteiger partial charge in [0.1, 0.15) is 5.75 Å². The summed E-state index contributed by atoms with van der Waals surface area (Å²) in [6.45, 7) is 2.46. The van der Waals surface area contributed by atoms with Crippen molar-refractivity contribution in [2.24, 2.45) is 5.73 Å². The predicted octanol–water partition coefficient (Wildman–Crippen LogP) is 4.03. The molecule has 100 valence electrons. The van der Waals surface area contributed by atoms with Gasteiger partial charge in [0, 0.05) is 6.54 Å². The molecule has 0 saturated heterocycles. The number of hydrogen-bond acceptors (Lipinski definition) is 2. The van der Waals surface area contributed by atoms with E-state index in [2.05, 4.69) is 6.92 Å². The summed E-state index contributed by atoms with van der Waals surface area (Å²) in [6, 6.07) is 12.5. The van der Waals surface area contributed by atoms with E-state index in [1.807, 2.05) is 24.3 Å². The van der Waals surface area contributed by atoms with Crippen LogP contribution in [0.5, 0.6) is 11.5 Å². The molecule has 0 aliphatic rings. The van der Waals surface area contributed by atoms with Gasteiger partial charge >= 0.3 is 0 Å². The van der Waals surface area contributed by atoms with Gasteiger partial charge in [-0.2, -0.15) is 0 Å². The Hall–Kier alpha value is -1.87. The minimum Gasteiger partial charge on any atom is -0.454 e. The monoisotopic (exact) mass is 259 g/mol. The Balaban J connectivity index is 2.12. The van der Waals surface area contributed by atoms with Crippen molar-refractivity contribution in [3.63, 3.8) is 0 Å². The van der Waals surface area contributed by atoms with Crippen molar-refractivity contribution in [2.45, 2.75) is 26.3 Å². The molecule has 0 unspecified atom stereocenters. The minimum atomic E-state index is -0.388. The second-order valence-electron chi connectivity index (χ2n) is 4.46.